The van der Waals surface area contributed by atoms with E-state index >= 15 is 0 Å². The van der Waals surface area contributed by atoms with Crippen molar-refractivity contribution in [2.24, 2.45) is 0 Å². The molecule has 0 radical (unpaired) electrons. The summed E-state index contributed by atoms with van der Waals surface area (Å²) in [6, 6.07) is 6.43. The molecule has 2 heterocycles. The Bertz CT molecular complexity index is 1140. The minimum atomic E-state index is -0.950. The van der Waals surface area contributed by atoms with Gasteiger partial charge in [-0.25, -0.2) is 14.4 Å². The molecule has 35 heavy (non-hydrogen) atoms. The highest BCUT2D eigenvalue weighted by molar-refractivity contribution is 6.01. The lowest BCUT2D eigenvalue weighted by atomic mass is 10.1. The number of hydrogen-bond acceptors (Lipinski definition) is 9. The van der Waals surface area contributed by atoms with Crippen molar-refractivity contribution in [2.45, 2.75) is 39.8 Å². The monoisotopic (exact) mass is 488 g/mol. The largest absolute Gasteiger partial charge is 0.444 e. The molecule has 1 aromatic carbocycles. The summed E-state index contributed by atoms with van der Waals surface area (Å²) >= 11 is 0. The second-order valence-electron chi connectivity index (χ2n) is 7.78. The number of carbonyl (C=O) groups is 4. The van der Waals surface area contributed by atoms with E-state index in [2.05, 4.69) is 15.5 Å². The lowest BCUT2D eigenvalue weighted by Crippen LogP contribution is -2.36. The average Bonchev–Trinajstić information content (AvgIpc) is 3.16. The number of carbonyl (C=O) groups excluding carboxylic acids is 4. The van der Waals surface area contributed by atoms with E-state index in [0.29, 0.717) is 34.7 Å². The number of amides is 4. The van der Waals surface area contributed by atoms with E-state index in [0.717, 1.165) is 13.1 Å². The third-order valence-electron chi connectivity index (χ3n) is 5.44. The molecule has 4 amide bonds. The lowest BCUT2D eigenvalue weighted by molar-refractivity contribution is -0.171. The predicted octanol–water partition coefficient (Wildman–Crippen LogP) is 1.65. The number of nitrogens with one attached hydrogen (secondary N) is 2. The van der Waals surface area contributed by atoms with Gasteiger partial charge in [-0.3, -0.25) is 9.59 Å². The predicted molar refractivity (Wildman–Crippen MR) is 123 cm³/mol. The topological polar surface area (TPSA) is 147 Å². The number of alkyl carbamates (subject to hydrolysis) is 1. The molecule has 0 atom stereocenters. The molecular formula is C23H28N4O8. The van der Waals surface area contributed by atoms with Gasteiger partial charge in [-0.05, 0) is 36.9 Å². The van der Waals surface area contributed by atoms with Crippen molar-refractivity contribution in [3.63, 3.8) is 0 Å². The minimum Gasteiger partial charge on any atom is -0.444 e. The van der Waals surface area contributed by atoms with Crippen LogP contribution in [0.25, 0.3) is 11.0 Å². The van der Waals surface area contributed by atoms with Gasteiger partial charge in [-0.2, -0.15) is 0 Å². The molecule has 2 N–H and O–H groups in total. The Morgan fingerprint density at radius 1 is 1.03 bits per heavy atom. The van der Waals surface area contributed by atoms with Gasteiger partial charge in [0.05, 0.1) is 5.56 Å². The summed E-state index contributed by atoms with van der Waals surface area (Å²) in [5, 5.41) is 6.11. The molecule has 0 bridgehead atoms. The van der Waals surface area contributed by atoms with Crippen LogP contribution in [-0.2, 0) is 32.3 Å². The summed E-state index contributed by atoms with van der Waals surface area (Å²) in [6.07, 6.45) is -1.57. The number of likely N-dealkylation sites (N-methyl/N-ethyl adjacent to an activating group) is 1. The van der Waals surface area contributed by atoms with Crippen molar-refractivity contribution >= 4 is 35.0 Å². The molecule has 2 aromatic rings. The molecule has 1 aliphatic heterocycles. The van der Waals surface area contributed by atoms with Crippen LogP contribution in [0.1, 0.15) is 37.8 Å². The maximum atomic E-state index is 12.2. The van der Waals surface area contributed by atoms with Crippen molar-refractivity contribution in [2.75, 3.05) is 26.2 Å². The number of nitrogens with zero attached hydrogens (tertiary/aromatic N) is 2. The molecule has 3 rings (SSSR count). The summed E-state index contributed by atoms with van der Waals surface area (Å²) in [6.45, 7) is 6.71. The van der Waals surface area contributed by atoms with E-state index in [-0.39, 0.29) is 31.6 Å². The van der Waals surface area contributed by atoms with Gasteiger partial charge in [0.25, 0.3) is 11.8 Å². The number of imide groups is 1. The highest BCUT2D eigenvalue weighted by Gasteiger charge is 2.32. The van der Waals surface area contributed by atoms with Crippen LogP contribution in [0.4, 0.5) is 9.59 Å². The van der Waals surface area contributed by atoms with Crippen LogP contribution in [0.5, 0.6) is 0 Å². The fourth-order valence-corrected chi connectivity index (χ4v) is 3.42. The van der Waals surface area contributed by atoms with Crippen LogP contribution in [0.2, 0.25) is 0 Å². The Kier molecular flexibility index (Phi) is 8.79. The highest BCUT2D eigenvalue weighted by atomic mass is 16.7. The van der Waals surface area contributed by atoms with Crippen LogP contribution < -0.4 is 16.3 Å². The molecule has 0 aliphatic carbocycles. The summed E-state index contributed by atoms with van der Waals surface area (Å²) < 4.78 is 10.4. The first-order valence-corrected chi connectivity index (χ1v) is 11.3. The van der Waals surface area contributed by atoms with Crippen molar-refractivity contribution in [3.8, 4) is 0 Å². The van der Waals surface area contributed by atoms with Gasteiger partial charge in [0.15, 0.2) is 0 Å². The van der Waals surface area contributed by atoms with Gasteiger partial charge < -0.3 is 29.5 Å². The average molecular weight is 488 g/mol. The summed E-state index contributed by atoms with van der Waals surface area (Å²) in [7, 11) is 0. The number of rotatable bonds is 10. The molecule has 1 saturated heterocycles. The van der Waals surface area contributed by atoms with Crippen LogP contribution in [0, 0.1) is 0 Å². The van der Waals surface area contributed by atoms with Crippen LogP contribution in [0.3, 0.4) is 0 Å². The van der Waals surface area contributed by atoms with Crippen molar-refractivity contribution in [1.82, 2.24) is 20.6 Å². The van der Waals surface area contributed by atoms with E-state index in [4.69, 9.17) is 14.0 Å². The van der Waals surface area contributed by atoms with Crippen molar-refractivity contribution in [3.05, 3.63) is 45.8 Å². The fourth-order valence-electron chi connectivity index (χ4n) is 3.42. The van der Waals surface area contributed by atoms with Gasteiger partial charge in [0.2, 0.25) is 0 Å². The van der Waals surface area contributed by atoms with Crippen molar-refractivity contribution in [1.29, 1.82) is 0 Å². The summed E-state index contributed by atoms with van der Waals surface area (Å²) in [4.78, 5) is 66.0. The Morgan fingerprint density at radius 3 is 2.43 bits per heavy atom. The van der Waals surface area contributed by atoms with E-state index < -0.39 is 29.6 Å². The molecule has 1 aromatic heterocycles. The third-order valence-corrected chi connectivity index (χ3v) is 5.44. The molecular weight excluding hydrogens is 460 g/mol. The second-order valence-corrected chi connectivity index (χ2v) is 7.78. The molecule has 0 saturated carbocycles. The van der Waals surface area contributed by atoms with Gasteiger partial charge >= 0.3 is 17.8 Å². The van der Waals surface area contributed by atoms with Crippen LogP contribution >= 0.6 is 0 Å². The highest BCUT2D eigenvalue weighted by Crippen LogP contribution is 2.17. The normalized spacial score (nSPS) is 13.4. The van der Waals surface area contributed by atoms with Gasteiger partial charge in [0.1, 0.15) is 12.2 Å². The van der Waals surface area contributed by atoms with Gasteiger partial charge in [0, 0.05) is 37.9 Å². The zero-order valence-corrected chi connectivity index (χ0v) is 19.6. The molecule has 0 unspecified atom stereocenters. The number of hydroxylamine groups is 2. The number of fused-ring (bicyclic) bond motifs is 1. The molecule has 12 heteroatoms. The molecule has 0 spiro atoms. The molecule has 1 aliphatic rings. The zero-order chi connectivity index (χ0) is 25.4. The fraction of sp³-hybridized carbons (Fsp3) is 0.435. The Labute approximate surface area is 201 Å². The van der Waals surface area contributed by atoms with Gasteiger partial charge in [-0.15, -0.1) is 5.06 Å². The molecule has 188 valence electrons. The van der Waals surface area contributed by atoms with Gasteiger partial charge in [-0.1, -0.05) is 19.9 Å². The SMILES string of the molecule is CCN(CC)CCNC(=O)OCc1cc2cc(CNC(=O)ON3C(=O)CCC3=O)ccc2oc1=O. The van der Waals surface area contributed by atoms with E-state index in [9.17, 15) is 24.0 Å². The first-order valence-electron chi connectivity index (χ1n) is 11.3. The Balaban J connectivity index is 1.55. The number of benzene rings is 1. The first-order chi connectivity index (χ1) is 16.8. The van der Waals surface area contributed by atoms with Crippen LogP contribution in [0.15, 0.2) is 33.5 Å². The quantitative estimate of drug-likeness (QED) is 0.376. The maximum Gasteiger partial charge on any atom is 0.432 e. The number of hydrogen-bond donors (Lipinski definition) is 2. The summed E-state index contributed by atoms with van der Waals surface area (Å²) in [5.74, 6) is -1.14. The first kappa shape index (κ1) is 25.7. The second kappa shape index (κ2) is 12.0. The van der Waals surface area contributed by atoms with E-state index in [1.54, 1.807) is 24.3 Å². The maximum absolute atomic E-state index is 12.2. The molecule has 12 nitrogen and oxygen atoms in total. The Morgan fingerprint density at radius 2 is 1.74 bits per heavy atom. The van der Waals surface area contributed by atoms with Crippen molar-refractivity contribution < 1.29 is 33.2 Å². The zero-order valence-electron chi connectivity index (χ0n) is 19.6. The lowest BCUT2D eigenvalue weighted by Gasteiger charge is -2.17. The third kappa shape index (κ3) is 7.03. The Hall–Kier alpha value is -3.93. The summed E-state index contributed by atoms with van der Waals surface area (Å²) in [5.41, 5.74) is 0.500. The minimum absolute atomic E-state index is 0.00597. The number of ether oxygens (including phenoxy) is 1. The molecule has 1 fully saturated rings. The standard InChI is InChI=1S/C23H28N4O8/c1-3-26(4-2)10-9-24-22(31)33-14-17-12-16-11-15(5-6-18(16)34-21(17)30)13-25-23(32)35-27-19(28)7-8-20(27)29/h5-6,11-12H,3-4,7-10,13-14H2,1-2H3,(H,24,31)(H,25,32). The van der Waals surface area contributed by atoms with E-state index in [1.807, 2.05) is 13.8 Å². The smallest absolute Gasteiger partial charge is 0.432 e. The van der Waals surface area contributed by atoms with E-state index in [1.165, 1.54) is 0 Å². The van der Waals surface area contributed by atoms with Crippen LogP contribution in [-0.4, -0.2) is 60.1 Å².